The van der Waals surface area contributed by atoms with Crippen LogP contribution in [0.1, 0.15) is 26.5 Å². The predicted octanol–water partition coefficient (Wildman–Crippen LogP) is 3.37. The summed E-state index contributed by atoms with van der Waals surface area (Å²) in [7, 11) is -3.21. The Bertz CT molecular complexity index is 1430. The predicted molar refractivity (Wildman–Crippen MR) is 121 cm³/mol. The van der Waals surface area contributed by atoms with Crippen molar-refractivity contribution in [3.8, 4) is 5.82 Å². The second kappa shape index (κ2) is 9.13. The van der Waals surface area contributed by atoms with Crippen LogP contribution in [0.5, 0.6) is 0 Å². The zero-order chi connectivity index (χ0) is 25.5. The summed E-state index contributed by atoms with van der Waals surface area (Å²) in [4.78, 5) is 29.7. The maximum absolute atomic E-state index is 13.4. The molecule has 9 nitrogen and oxygen atoms in total. The first-order valence-electron chi connectivity index (χ1n) is 9.75. The van der Waals surface area contributed by atoms with E-state index < -0.39 is 45.3 Å². The van der Waals surface area contributed by atoms with Crippen molar-refractivity contribution >= 4 is 50.5 Å². The van der Waals surface area contributed by atoms with Gasteiger partial charge in [0.25, 0.3) is 11.8 Å². The molecule has 4 rings (SSSR count). The van der Waals surface area contributed by atoms with E-state index in [9.17, 15) is 31.2 Å². The Kier molecular flexibility index (Phi) is 6.51. The minimum Gasteiger partial charge on any atom is -0.347 e. The molecule has 0 saturated carbocycles. The van der Waals surface area contributed by atoms with Gasteiger partial charge in [-0.15, -0.1) is 0 Å². The van der Waals surface area contributed by atoms with Gasteiger partial charge in [0.05, 0.1) is 38.8 Å². The first-order chi connectivity index (χ1) is 16.4. The zero-order valence-corrected chi connectivity index (χ0v) is 19.6. The number of nitrogens with one attached hydrogen (secondary N) is 2. The molecule has 0 spiro atoms. The number of rotatable bonds is 5. The molecule has 3 heterocycles. The van der Waals surface area contributed by atoms with Crippen LogP contribution in [0.15, 0.2) is 42.6 Å². The molecule has 1 aliphatic heterocycles. The highest BCUT2D eigenvalue weighted by Crippen LogP contribution is 2.32. The van der Waals surface area contributed by atoms with Crippen molar-refractivity contribution in [2.24, 2.45) is 0 Å². The number of amides is 2. The maximum atomic E-state index is 13.4. The van der Waals surface area contributed by atoms with Crippen LogP contribution in [0, 0.1) is 0 Å². The van der Waals surface area contributed by atoms with E-state index in [0.717, 1.165) is 0 Å². The lowest BCUT2D eigenvalue weighted by atomic mass is 10.1. The molecule has 15 heteroatoms. The van der Waals surface area contributed by atoms with Gasteiger partial charge in [-0.05, 0) is 24.3 Å². The summed E-state index contributed by atoms with van der Waals surface area (Å²) in [6.07, 6.45) is -3.62. The van der Waals surface area contributed by atoms with Crippen LogP contribution in [0.25, 0.3) is 5.82 Å². The summed E-state index contributed by atoms with van der Waals surface area (Å²) in [6, 6.07) is 6.80. The van der Waals surface area contributed by atoms with Gasteiger partial charge in [0.15, 0.2) is 21.3 Å². The molecule has 35 heavy (non-hydrogen) atoms. The molecule has 0 atom stereocenters. The number of benzene rings is 1. The summed E-state index contributed by atoms with van der Waals surface area (Å²) < 4.78 is 63.4. The SMILES string of the molecule is O=C(NC1CS(=O)(=O)C1)c1cccc(Cl)c1NC(=O)c1cc(C(F)(F)F)nn1-c1ncccc1Cl. The minimum atomic E-state index is -4.87. The van der Waals surface area contributed by atoms with Gasteiger partial charge in [-0.25, -0.2) is 18.1 Å². The van der Waals surface area contributed by atoms with Crippen LogP contribution in [0.2, 0.25) is 10.0 Å². The fourth-order valence-corrected chi connectivity index (χ4v) is 5.02. The molecule has 3 aromatic rings. The molecule has 0 radical (unpaired) electrons. The number of carbonyl (C=O) groups excluding carboxylic acids is 2. The Labute approximate surface area is 206 Å². The fourth-order valence-electron chi connectivity index (χ4n) is 3.30. The monoisotopic (exact) mass is 547 g/mol. The quantitative estimate of drug-likeness (QED) is 0.504. The largest absolute Gasteiger partial charge is 0.435 e. The number of hydrogen-bond donors (Lipinski definition) is 2. The molecule has 1 aromatic carbocycles. The van der Waals surface area contributed by atoms with Crippen molar-refractivity contribution < 1.29 is 31.2 Å². The third kappa shape index (κ3) is 5.26. The lowest BCUT2D eigenvalue weighted by Gasteiger charge is -2.27. The second-order valence-electron chi connectivity index (χ2n) is 7.50. The first kappa shape index (κ1) is 24.9. The number of nitrogens with zero attached hydrogens (tertiary/aromatic N) is 3. The van der Waals surface area contributed by atoms with Gasteiger partial charge < -0.3 is 10.6 Å². The summed E-state index contributed by atoms with van der Waals surface area (Å²) in [5.41, 5.74) is -2.25. The van der Waals surface area contributed by atoms with Crippen LogP contribution in [0.3, 0.4) is 0 Å². The van der Waals surface area contributed by atoms with Gasteiger partial charge in [0, 0.05) is 12.3 Å². The van der Waals surface area contributed by atoms with Crippen molar-refractivity contribution in [1.82, 2.24) is 20.1 Å². The molecule has 1 aliphatic rings. The van der Waals surface area contributed by atoms with Gasteiger partial charge in [-0.2, -0.15) is 18.3 Å². The van der Waals surface area contributed by atoms with E-state index in [-0.39, 0.29) is 38.6 Å². The highest BCUT2D eigenvalue weighted by atomic mass is 35.5. The molecule has 2 amide bonds. The van der Waals surface area contributed by atoms with E-state index in [1.807, 2.05) is 0 Å². The number of sulfone groups is 1. The van der Waals surface area contributed by atoms with Crippen LogP contribution in [-0.2, 0) is 16.0 Å². The Morgan fingerprint density at radius 2 is 1.74 bits per heavy atom. The standard InChI is InChI=1S/C20H14Cl2F3N5O4S/c21-12-4-1-3-11(18(31)27-10-8-35(33,34)9-10)16(12)28-19(32)14-7-15(20(23,24)25)29-30(14)17-13(22)5-2-6-26-17/h1-7,10H,8-9H2,(H,27,31)(H,28,32). The zero-order valence-electron chi connectivity index (χ0n) is 17.3. The topological polar surface area (TPSA) is 123 Å². The minimum absolute atomic E-state index is 0.0633. The number of hydrogen-bond acceptors (Lipinski definition) is 6. The summed E-state index contributed by atoms with van der Waals surface area (Å²) in [6.45, 7) is 0. The van der Waals surface area contributed by atoms with Gasteiger partial charge in [0.2, 0.25) is 0 Å². The number of para-hydroxylation sites is 1. The van der Waals surface area contributed by atoms with E-state index in [1.54, 1.807) is 0 Å². The van der Waals surface area contributed by atoms with Gasteiger partial charge in [0.1, 0.15) is 5.69 Å². The lowest BCUT2D eigenvalue weighted by molar-refractivity contribution is -0.141. The van der Waals surface area contributed by atoms with E-state index in [0.29, 0.717) is 10.7 Å². The summed E-state index contributed by atoms with van der Waals surface area (Å²) in [5, 5.41) is 8.16. The first-order valence-corrected chi connectivity index (χ1v) is 12.3. The van der Waals surface area contributed by atoms with Crippen molar-refractivity contribution in [3.05, 3.63) is 69.6 Å². The van der Waals surface area contributed by atoms with Crippen LogP contribution in [-0.4, -0.2) is 52.5 Å². The maximum Gasteiger partial charge on any atom is 0.435 e. The lowest BCUT2D eigenvalue weighted by Crippen LogP contribution is -2.53. The number of aromatic nitrogens is 3. The van der Waals surface area contributed by atoms with Crippen molar-refractivity contribution in [2.45, 2.75) is 12.2 Å². The Balaban J connectivity index is 1.69. The third-order valence-corrected chi connectivity index (χ3v) is 7.34. The van der Waals surface area contributed by atoms with Gasteiger partial charge in [-0.3, -0.25) is 9.59 Å². The highest BCUT2D eigenvalue weighted by molar-refractivity contribution is 7.92. The van der Waals surface area contributed by atoms with E-state index in [2.05, 4.69) is 20.7 Å². The van der Waals surface area contributed by atoms with Crippen molar-refractivity contribution in [1.29, 1.82) is 0 Å². The Morgan fingerprint density at radius 3 is 2.37 bits per heavy atom. The molecule has 2 N–H and O–H groups in total. The number of alkyl halides is 3. The molecule has 1 saturated heterocycles. The summed E-state index contributed by atoms with van der Waals surface area (Å²) >= 11 is 12.2. The third-order valence-electron chi connectivity index (χ3n) is 4.91. The summed E-state index contributed by atoms with van der Waals surface area (Å²) in [5.74, 6) is -2.49. The normalized spacial score (nSPS) is 15.3. The van der Waals surface area contributed by atoms with Crippen molar-refractivity contribution in [2.75, 3.05) is 16.8 Å². The van der Waals surface area contributed by atoms with Gasteiger partial charge in [-0.1, -0.05) is 29.3 Å². The molecular weight excluding hydrogens is 534 g/mol. The van der Waals surface area contributed by atoms with E-state index in [1.165, 1.54) is 36.5 Å². The molecule has 184 valence electrons. The fraction of sp³-hybridized carbons (Fsp3) is 0.200. The molecule has 1 fully saturated rings. The number of carbonyl (C=O) groups is 2. The highest BCUT2D eigenvalue weighted by Gasteiger charge is 2.37. The smallest absolute Gasteiger partial charge is 0.347 e. The second-order valence-corrected chi connectivity index (χ2v) is 10.5. The average Bonchev–Trinajstić information content (AvgIpc) is 3.20. The number of anilines is 1. The van der Waals surface area contributed by atoms with E-state index in [4.69, 9.17) is 23.2 Å². The van der Waals surface area contributed by atoms with Crippen LogP contribution in [0.4, 0.5) is 18.9 Å². The molecule has 0 aliphatic carbocycles. The Morgan fingerprint density at radius 1 is 1.06 bits per heavy atom. The Hall–Kier alpha value is -3.16. The van der Waals surface area contributed by atoms with Crippen molar-refractivity contribution in [3.63, 3.8) is 0 Å². The van der Waals surface area contributed by atoms with Crippen LogP contribution < -0.4 is 10.6 Å². The number of halogens is 5. The average molecular weight is 548 g/mol. The van der Waals surface area contributed by atoms with Gasteiger partial charge >= 0.3 is 6.18 Å². The molecule has 0 bridgehead atoms. The van der Waals surface area contributed by atoms with E-state index >= 15 is 0 Å². The van der Waals surface area contributed by atoms with Crippen LogP contribution >= 0.6 is 23.2 Å². The molecular formula is C20H14Cl2F3N5O4S. The number of pyridine rings is 1. The molecule has 2 aromatic heterocycles. The molecule has 0 unspecified atom stereocenters.